The summed E-state index contributed by atoms with van der Waals surface area (Å²) in [6.07, 6.45) is 1.09. The summed E-state index contributed by atoms with van der Waals surface area (Å²) in [6.45, 7) is 9.12. The molecule has 1 atom stereocenters. The summed E-state index contributed by atoms with van der Waals surface area (Å²) < 4.78 is 5.32. The van der Waals surface area contributed by atoms with Crippen molar-refractivity contribution in [2.24, 2.45) is 0 Å². The number of ether oxygens (including phenoxy) is 1. The lowest BCUT2D eigenvalue weighted by atomic mass is 10.2. The van der Waals surface area contributed by atoms with Crippen LogP contribution in [0.3, 0.4) is 0 Å². The van der Waals surface area contributed by atoms with Crippen LogP contribution in [0.2, 0.25) is 0 Å². The lowest BCUT2D eigenvalue weighted by Gasteiger charge is -2.32. The highest BCUT2D eigenvalue weighted by Crippen LogP contribution is 2.09. The van der Waals surface area contributed by atoms with E-state index < -0.39 is 0 Å². The monoisotopic (exact) mass is 313 g/mol. The van der Waals surface area contributed by atoms with E-state index >= 15 is 0 Å². The zero-order valence-corrected chi connectivity index (χ0v) is 13.1. The van der Waals surface area contributed by atoms with E-state index in [1.165, 1.54) is 0 Å². The molecule has 0 aromatic rings. The van der Waals surface area contributed by atoms with Crippen LogP contribution in [0.4, 0.5) is 0 Å². The number of morpholine rings is 1. The minimum atomic E-state index is 0. The Hall–Kier alpha value is -0.0700. The van der Waals surface area contributed by atoms with E-state index in [4.69, 9.17) is 4.74 Å². The number of amides is 1. The Morgan fingerprint density at radius 1 is 1.37 bits per heavy atom. The van der Waals surface area contributed by atoms with E-state index in [0.717, 1.165) is 58.9 Å². The lowest BCUT2D eigenvalue weighted by Crippen LogP contribution is -2.46. The molecule has 0 aliphatic carbocycles. The van der Waals surface area contributed by atoms with Crippen LogP contribution in [0.15, 0.2) is 0 Å². The number of carbonyl (C=O) groups is 1. The first-order valence-corrected chi connectivity index (χ1v) is 6.55. The van der Waals surface area contributed by atoms with Crippen molar-refractivity contribution in [3.63, 3.8) is 0 Å². The van der Waals surface area contributed by atoms with Gasteiger partial charge in [-0.3, -0.25) is 9.69 Å². The van der Waals surface area contributed by atoms with Crippen LogP contribution in [-0.2, 0) is 9.53 Å². The van der Waals surface area contributed by atoms with Gasteiger partial charge in [0.2, 0.25) is 5.91 Å². The molecule has 0 spiro atoms. The summed E-state index contributed by atoms with van der Waals surface area (Å²) in [7, 11) is 0. The third kappa shape index (κ3) is 5.83. The van der Waals surface area contributed by atoms with Gasteiger partial charge >= 0.3 is 0 Å². The Labute approximate surface area is 127 Å². The molecule has 0 bridgehead atoms. The predicted molar refractivity (Wildman–Crippen MR) is 80.4 cm³/mol. The molecule has 2 heterocycles. The average Bonchev–Trinajstić information content (AvgIpc) is 2.84. The number of carbonyl (C=O) groups excluding carboxylic acids is 1. The van der Waals surface area contributed by atoms with Gasteiger partial charge in [0.1, 0.15) is 0 Å². The molecule has 1 N–H and O–H groups in total. The second-order valence-electron chi connectivity index (χ2n) is 4.81. The van der Waals surface area contributed by atoms with E-state index in [9.17, 15) is 4.79 Å². The maximum absolute atomic E-state index is 11.7. The van der Waals surface area contributed by atoms with Gasteiger partial charge in [0.25, 0.3) is 0 Å². The highest BCUT2D eigenvalue weighted by atomic mass is 35.5. The number of nitrogens with one attached hydrogen (secondary N) is 1. The van der Waals surface area contributed by atoms with Crippen molar-refractivity contribution >= 4 is 30.7 Å². The molecule has 1 amide bonds. The third-order valence-corrected chi connectivity index (χ3v) is 3.64. The smallest absolute Gasteiger partial charge is 0.219 e. The van der Waals surface area contributed by atoms with E-state index in [1.807, 2.05) is 4.90 Å². The maximum atomic E-state index is 11.7. The van der Waals surface area contributed by atoms with Gasteiger partial charge in [0.05, 0.1) is 13.2 Å². The highest BCUT2D eigenvalue weighted by molar-refractivity contribution is 5.85. The number of nitrogens with zero attached hydrogens (tertiary/aromatic N) is 2. The fourth-order valence-corrected chi connectivity index (χ4v) is 2.58. The van der Waals surface area contributed by atoms with Crippen LogP contribution in [0.1, 0.15) is 13.3 Å². The van der Waals surface area contributed by atoms with Crippen molar-refractivity contribution in [2.75, 3.05) is 52.5 Å². The van der Waals surface area contributed by atoms with Crippen molar-refractivity contribution in [1.29, 1.82) is 0 Å². The topological polar surface area (TPSA) is 44.8 Å². The summed E-state index contributed by atoms with van der Waals surface area (Å²) in [6, 6.07) is 0.397. The van der Waals surface area contributed by atoms with Crippen molar-refractivity contribution in [3.8, 4) is 0 Å². The number of rotatable bonds is 4. The molecule has 0 aromatic carbocycles. The van der Waals surface area contributed by atoms with E-state index in [0.29, 0.717) is 6.04 Å². The standard InChI is InChI=1S/C12H23N3O2.2ClH/c1-11(16)15(12-2-3-13-10-12)5-4-14-6-8-17-9-7-14;;/h12-13H,2-10H2,1H3;2*1H. The molecular weight excluding hydrogens is 289 g/mol. The molecule has 1 unspecified atom stereocenters. The van der Waals surface area contributed by atoms with Crippen LogP contribution in [0.5, 0.6) is 0 Å². The zero-order chi connectivity index (χ0) is 12.1. The summed E-state index contributed by atoms with van der Waals surface area (Å²) in [5.74, 6) is 0.201. The first-order chi connectivity index (χ1) is 8.27. The first-order valence-electron chi connectivity index (χ1n) is 6.55. The number of halogens is 2. The molecule has 0 radical (unpaired) electrons. The third-order valence-electron chi connectivity index (χ3n) is 3.64. The Bertz CT molecular complexity index is 257. The van der Waals surface area contributed by atoms with Gasteiger partial charge in [-0.15, -0.1) is 24.8 Å². The van der Waals surface area contributed by atoms with Gasteiger partial charge in [-0.1, -0.05) is 0 Å². The molecule has 19 heavy (non-hydrogen) atoms. The van der Waals surface area contributed by atoms with Crippen molar-refractivity contribution in [1.82, 2.24) is 15.1 Å². The van der Waals surface area contributed by atoms with Crippen LogP contribution in [0, 0.1) is 0 Å². The van der Waals surface area contributed by atoms with E-state index in [2.05, 4.69) is 10.2 Å². The second-order valence-corrected chi connectivity index (χ2v) is 4.81. The number of hydrogen-bond acceptors (Lipinski definition) is 4. The van der Waals surface area contributed by atoms with Crippen LogP contribution in [-0.4, -0.2) is 74.2 Å². The van der Waals surface area contributed by atoms with Crippen molar-refractivity contribution < 1.29 is 9.53 Å². The minimum absolute atomic E-state index is 0. The van der Waals surface area contributed by atoms with Gasteiger partial charge in [-0.2, -0.15) is 0 Å². The largest absolute Gasteiger partial charge is 0.379 e. The Kier molecular flexibility index (Phi) is 9.74. The summed E-state index contributed by atoms with van der Waals surface area (Å²) in [5, 5.41) is 3.32. The fourth-order valence-electron chi connectivity index (χ4n) is 2.58. The first kappa shape index (κ1) is 18.9. The SMILES string of the molecule is CC(=O)N(CCN1CCOCC1)C1CCNC1.Cl.Cl. The summed E-state index contributed by atoms with van der Waals surface area (Å²) >= 11 is 0. The van der Waals surface area contributed by atoms with Gasteiger partial charge in [0, 0.05) is 45.7 Å². The zero-order valence-electron chi connectivity index (χ0n) is 11.5. The Balaban J connectivity index is 0.00000162. The predicted octanol–water partition coefficient (Wildman–Crippen LogP) is 0.373. The van der Waals surface area contributed by atoms with Gasteiger partial charge in [-0.05, 0) is 13.0 Å². The average molecular weight is 314 g/mol. The Morgan fingerprint density at radius 2 is 2.05 bits per heavy atom. The maximum Gasteiger partial charge on any atom is 0.219 e. The minimum Gasteiger partial charge on any atom is -0.379 e. The molecule has 5 nitrogen and oxygen atoms in total. The highest BCUT2D eigenvalue weighted by Gasteiger charge is 2.24. The normalized spacial score (nSPS) is 23.3. The van der Waals surface area contributed by atoms with Crippen LogP contribution in [0.25, 0.3) is 0 Å². The quantitative estimate of drug-likeness (QED) is 0.814. The molecule has 114 valence electrons. The van der Waals surface area contributed by atoms with E-state index in [-0.39, 0.29) is 30.7 Å². The van der Waals surface area contributed by atoms with Gasteiger partial charge in [-0.25, -0.2) is 0 Å². The summed E-state index contributed by atoms with van der Waals surface area (Å²) in [5.41, 5.74) is 0. The molecule has 2 rings (SSSR count). The Morgan fingerprint density at radius 3 is 2.58 bits per heavy atom. The molecule has 0 aromatic heterocycles. The number of hydrogen-bond donors (Lipinski definition) is 1. The van der Waals surface area contributed by atoms with Crippen LogP contribution < -0.4 is 5.32 Å². The van der Waals surface area contributed by atoms with Gasteiger partial charge < -0.3 is 15.0 Å². The van der Waals surface area contributed by atoms with Crippen molar-refractivity contribution in [3.05, 3.63) is 0 Å². The molecule has 2 aliphatic heterocycles. The molecule has 2 saturated heterocycles. The lowest BCUT2D eigenvalue weighted by molar-refractivity contribution is -0.131. The molecule has 2 fully saturated rings. The fraction of sp³-hybridized carbons (Fsp3) is 0.917. The second kappa shape index (κ2) is 9.77. The molecular formula is C12H25Cl2N3O2. The van der Waals surface area contributed by atoms with Crippen molar-refractivity contribution in [2.45, 2.75) is 19.4 Å². The molecule has 2 aliphatic rings. The van der Waals surface area contributed by atoms with Gasteiger partial charge in [0.15, 0.2) is 0 Å². The van der Waals surface area contributed by atoms with E-state index in [1.54, 1.807) is 6.92 Å². The summed E-state index contributed by atoms with van der Waals surface area (Å²) in [4.78, 5) is 16.1. The van der Waals surface area contributed by atoms with Crippen LogP contribution >= 0.6 is 24.8 Å². The molecule has 0 saturated carbocycles. The molecule has 7 heteroatoms.